The van der Waals surface area contributed by atoms with Crippen molar-refractivity contribution in [2.24, 2.45) is 0 Å². The Morgan fingerprint density at radius 3 is 1.94 bits per heavy atom. The van der Waals surface area contributed by atoms with E-state index in [2.05, 4.69) is 17.1 Å². The molecule has 1 heterocycles. The average molecular weight is 406 g/mol. The molecule has 5 rings (SSSR count). The van der Waals surface area contributed by atoms with Crippen LogP contribution in [0.3, 0.4) is 0 Å². The molecule has 0 saturated heterocycles. The van der Waals surface area contributed by atoms with E-state index in [-0.39, 0.29) is 11.5 Å². The van der Waals surface area contributed by atoms with E-state index in [1.54, 1.807) is 24.3 Å². The third-order valence-electron chi connectivity index (χ3n) is 5.69. The molecule has 31 heavy (non-hydrogen) atoms. The Morgan fingerprint density at radius 2 is 1.26 bits per heavy atom. The molecule has 5 N–H and O–H groups in total. The molecule has 0 amide bonds. The summed E-state index contributed by atoms with van der Waals surface area (Å²) in [4.78, 5) is 3.30. The lowest BCUT2D eigenvalue weighted by molar-refractivity contribution is 0.476. The number of fused-ring (bicyclic) bond motifs is 1. The predicted octanol–water partition coefficient (Wildman–Crippen LogP) is 6.09. The number of aromatic nitrogens is 1. The first-order valence-corrected chi connectivity index (χ1v) is 10.2. The molecule has 0 aliphatic rings. The van der Waals surface area contributed by atoms with Crippen molar-refractivity contribution in [3.05, 3.63) is 102 Å². The highest BCUT2D eigenvalue weighted by atomic mass is 16.3. The van der Waals surface area contributed by atoms with Crippen LogP contribution in [0.2, 0.25) is 0 Å². The number of benzene rings is 4. The van der Waals surface area contributed by atoms with Gasteiger partial charge in [0.15, 0.2) is 0 Å². The Bertz CT molecular complexity index is 1390. The van der Waals surface area contributed by atoms with Gasteiger partial charge in [0.1, 0.15) is 17.3 Å². The zero-order chi connectivity index (χ0) is 21.4. The Labute approximate surface area is 180 Å². The molecule has 0 aliphatic carbocycles. The Balaban J connectivity index is 1.87. The van der Waals surface area contributed by atoms with Crippen LogP contribution >= 0.6 is 0 Å². The van der Waals surface area contributed by atoms with Crippen LogP contribution in [0.25, 0.3) is 33.2 Å². The van der Waals surface area contributed by atoms with Gasteiger partial charge in [0, 0.05) is 39.6 Å². The maximum Gasteiger partial charge on any atom is 0.123 e. The maximum absolute atomic E-state index is 10.7. The summed E-state index contributed by atoms with van der Waals surface area (Å²) >= 11 is 0. The standard InChI is InChI=1S/C27H22N2O2/c28-27-21(16-17-8-2-1-3-9-17)26-22(29-27)15-14-19(18-10-4-6-12-23(18)30)25(26)20-11-5-7-13-24(20)31/h1-15,29-31H,16,28H2. The third-order valence-corrected chi connectivity index (χ3v) is 5.69. The van der Waals surface area contributed by atoms with E-state index in [9.17, 15) is 10.2 Å². The lowest BCUT2D eigenvalue weighted by Crippen LogP contribution is -1.95. The summed E-state index contributed by atoms with van der Waals surface area (Å²) in [7, 11) is 0. The highest BCUT2D eigenvalue weighted by molar-refractivity contribution is 6.08. The van der Waals surface area contributed by atoms with E-state index in [1.165, 1.54) is 0 Å². The number of aromatic amines is 1. The molecule has 0 bridgehead atoms. The van der Waals surface area contributed by atoms with Crippen LogP contribution in [0, 0.1) is 0 Å². The number of phenols is 2. The third kappa shape index (κ3) is 3.28. The Morgan fingerprint density at radius 1 is 0.645 bits per heavy atom. The Hall–Kier alpha value is -4.18. The van der Waals surface area contributed by atoms with E-state index < -0.39 is 0 Å². The van der Waals surface area contributed by atoms with E-state index in [0.717, 1.165) is 33.2 Å². The number of nitrogen functional groups attached to an aromatic ring is 1. The molecule has 0 fully saturated rings. The highest BCUT2D eigenvalue weighted by Crippen LogP contribution is 2.46. The molecule has 4 nitrogen and oxygen atoms in total. The maximum atomic E-state index is 10.7. The molecule has 0 unspecified atom stereocenters. The van der Waals surface area contributed by atoms with Gasteiger partial charge in [0.2, 0.25) is 0 Å². The van der Waals surface area contributed by atoms with Crippen LogP contribution in [-0.4, -0.2) is 15.2 Å². The van der Waals surface area contributed by atoms with Crippen molar-refractivity contribution in [2.75, 3.05) is 5.73 Å². The topological polar surface area (TPSA) is 82.3 Å². The van der Waals surface area contributed by atoms with Gasteiger partial charge < -0.3 is 20.9 Å². The van der Waals surface area contributed by atoms with Crippen LogP contribution in [-0.2, 0) is 6.42 Å². The summed E-state index contributed by atoms with van der Waals surface area (Å²) in [6.45, 7) is 0. The number of nitrogens with two attached hydrogens (primary N) is 1. The van der Waals surface area contributed by atoms with E-state index in [4.69, 9.17) is 5.73 Å². The lowest BCUT2D eigenvalue weighted by atomic mass is 9.88. The number of H-pyrrole nitrogens is 1. The smallest absolute Gasteiger partial charge is 0.123 e. The largest absolute Gasteiger partial charge is 0.507 e. The van der Waals surface area contributed by atoms with Gasteiger partial charge in [-0.2, -0.15) is 0 Å². The molecule has 0 spiro atoms. The number of nitrogens with one attached hydrogen (secondary N) is 1. The summed E-state index contributed by atoms with van der Waals surface area (Å²) in [5, 5.41) is 22.3. The van der Waals surface area contributed by atoms with Crippen molar-refractivity contribution < 1.29 is 10.2 Å². The number of anilines is 1. The van der Waals surface area contributed by atoms with Crippen molar-refractivity contribution in [1.29, 1.82) is 0 Å². The number of rotatable bonds is 4. The van der Waals surface area contributed by atoms with Crippen molar-refractivity contribution in [1.82, 2.24) is 4.98 Å². The Kier molecular flexibility index (Phi) is 4.60. The van der Waals surface area contributed by atoms with Gasteiger partial charge in [-0.05, 0) is 29.3 Å². The van der Waals surface area contributed by atoms with Crippen molar-refractivity contribution >= 4 is 16.7 Å². The summed E-state index contributed by atoms with van der Waals surface area (Å²) in [6, 6.07) is 28.6. The molecule has 1 aromatic heterocycles. The first-order valence-electron chi connectivity index (χ1n) is 10.2. The van der Waals surface area contributed by atoms with Crippen molar-refractivity contribution in [3.8, 4) is 33.8 Å². The van der Waals surface area contributed by atoms with Gasteiger partial charge in [-0.3, -0.25) is 0 Å². The summed E-state index contributed by atoms with van der Waals surface area (Å²) in [5.74, 6) is 0.966. The molecule has 4 heteroatoms. The molecule has 4 aromatic carbocycles. The van der Waals surface area contributed by atoms with Gasteiger partial charge in [0.05, 0.1) is 0 Å². The normalized spacial score (nSPS) is 11.1. The zero-order valence-corrected chi connectivity index (χ0v) is 16.8. The number of aromatic hydroxyl groups is 2. The van der Waals surface area contributed by atoms with Crippen LogP contribution in [0.15, 0.2) is 91.0 Å². The van der Waals surface area contributed by atoms with Crippen LogP contribution in [0.5, 0.6) is 11.5 Å². The monoisotopic (exact) mass is 406 g/mol. The quantitative estimate of drug-likeness (QED) is 0.292. The van der Waals surface area contributed by atoms with E-state index in [0.29, 0.717) is 23.4 Å². The fourth-order valence-electron chi connectivity index (χ4n) is 4.25. The van der Waals surface area contributed by atoms with Crippen LogP contribution in [0.1, 0.15) is 11.1 Å². The number of phenolic OH excluding ortho intramolecular Hbond substituents is 2. The second kappa shape index (κ2) is 7.58. The van der Waals surface area contributed by atoms with Crippen LogP contribution in [0.4, 0.5) is 5.82 Å². The minimum absolute atomic E-state index is 0.178. The second-order valence-corrected chi connectivity index (χ2v) is 7.62. The molecule has 5 aromatic rings. The molecule has 0 atom stereocenters. The van der Waals surface area contributed by atoms with Gasteiger partial charge >= 0.3 is 0 Å². The lowest BCUT2D eigenvalue weighted by Gasteiger charge is -2.16. The summed E-state index contributed by atoms with van der Waals surface area (Å²) in [6.07, 6.45) is 0.650. The summed E-state index contributed by atoms with van der Waals surface area (Å²) < 4.78 is 0. The number of para-hydroxylation sites is 2. The fourth-order valence-corrected chi connectivity index (χ4v) is 4.25. The van der Waals surface area contributed by atoms with Crippen LogP contribution < -0.4 is 5.73 Å². The molecular formula is C27H22N2O2. The molecule has 0 aliphatic heterocycles. The van der Waals surface area contributed by atoms with Crippen molar-refractivity contribution in [3.63, 3.8) is 0 Å². The molecular weight excluding hydrogens is 384 g/mol. The predicted molar refractivity (Wildman–Crippen MR) is 126 cm³/mol. The minimum atomic E-state index is 0.178. The second-order valence-electron chi connectivity index (χ2n) is 7.62. The number of hydrogen-bond donors (Lipinski definition) is 4. The van der Waals surface area contributed by atoms with Gasteiger partial charge in [-0.15, -0.1) is 0 Å². The molecule has 152 valence electrons. The minimum Gasteiger partial charge on any atom is -0.507 e. The van der Waals surface area contributed by atoms with E-state index in [1.807, 2.05) is 54.6 Å². The van der Waals surface area contributed by atoms with Gasteiger partial charge in [-0.1, -0.05) is 72.8 Å². The van der Waals surface area contributed by atoms with Crippen molar-refractivity contribution in [2.45, 2.75) is 6.42 Å². The van der Waals surface area contributed by atoms with Gasteiger partial charge in [-0.25, -0.2) is 0 Å². The molecule has 0 saturated carbocycles. The van der Waals surface area contributed by atoms with E-state index >= 15 is 0 Å². The fraction of sp³-hybridized carbons (Fsp3) is 0.0370. The number of hydrogen-bond acceptors (Lipinski definition) is 3. The molecule has 0 radical (unpaired) electrons. The average Bonchev–Trinajstić information content (AvgIpc) is 3.10. The summed E-state index contributed by atoms with van der Waals surface area (Å²) in [5.41, 5.74) is 12.5. The first-order chi connectivity index (χ1) is 15.1. The zero-order valence-electron chi connectivity index (χ0n) is 16.8. The SMILES string of the molecule is Nc1[nH]c2ccc(-c3ccccc3O)c(-c3ccccc3O)c2c1Cc1ccccc1. The van der Waals surface area contributed by atoms with Gasteiger partial charge in [0.25, 0.3) is 0 Å². The first kappa shape index (κ1) is 18.8. The highest BCUT2D eigenvalue weighted by Gasteiger charge is 2.21.